The molecule has 0 spiro atoms. The number of rotatable bonds is 7. The van der Waals surface area contributed by atoms with Gasteiger partial charge in [0.15, 0.2) is 17.3 Å². The molecule has 12 heteroatoms. The van der Waals surface area contributed by atoms with Gasteiger partial charge >= 0.3 is 0 Å². The van der Waals surface area contributed by atoms with Crippen LogP contribution < -0.4 is 25.3 Å². The second-order valence-corrected chi connectivity index (χ2v) is 6.03. The minimum atomic E-state index is 0.0405. The number of aromatic nitrogens is 3. The third kappa shape index (κ3) is 3.90. The first-order valence-electron chi connectivity index (χ1n) is 6.75. The van der Waals surface area contributed by atoms with Crippen LogP contribution in [0.4, 0.5) is 17.5 Å². The first-order chi connectivity index (χ1) is 12.0. The Kier molecular flexibility index (Phi) is 6.31. The first-order valence-corrected chi connectivity index (χ1v) is 8.34. The molecule has 4 N–H and O–H groups in total. The number of nitrogen functional groups attached to an aromatic ring is 1. The van der Waals surface area contributed by atoms with Gasteiger partial charge in [-0.05, 0) is 31.9 Å². The van der Waals surface area contributed by atoms with Crippen molar-refractivity contribution in [1.29, 1.82) is 5.53 Å². The zero-order chi connectivity index (χ0) is 18.6. The van der Waals surface area contributed by atoms with Crippen molar-refractivity contribution < 1.29 is 14.2 Å². The van der Waals surface area contributed by atoms with Crippen LogP contribution in [0.5, 0.6) is 17.4 Å². The van der Waals surface area contributed by atoms with Crippen LogP contribution in [-0.2, 0) is 6.54 Å². The van der Waals surface area contributed by atoms with Crippen molar-refractivity contribution in [3.8, 4) is 17.4 Å². The van der Waals surface area contributed by atoms with E-state index in [1.165, 1.54) is 21.3 Å². The van der Waals surface area contributed by atoms with Gasteiger partial charge in [0.05, 0.1) is 38.0 Å². The van der Waals surface area contributed by atoms with Crippen LogP contribution in [0, 0.1) is 5.53 Å². The minimum absolute atomic E-state index is 0.0405. The van der Waals surface area contributed by atoms with Gasteiger partial charge in [-0.2, -0.15) is 10.1 Å². The lowest BCUT2D eigenvalue weighted by Crippen LogP contribution is -2.09. The van der Waals surface area contributed by atoms with Gasteiger partial charge in [-0.25, -0.2) is 15.5 Å². The molecule has 0 radical (unpaired) electrons. The zero-order valence-corrected chi connectivity index (χ0v) is 16.7. The van der Waals surface area contributed by atoms with E-state index in [1.54, 1.807) is 0 Å². The van der Waals surface area contributed by atoms with E-state index < -0.39 is 0 Å². The molecule has 0 amide bonds. The molecule has 2 heterocycles. The van der Waals surface area contributed by atoms with Crippen molar-refractivity contribution in [2.45, 2.75) is 6.54 Å². The normalized spacial score (nSPS) is 10.3. The summed E-state index contributed by atoms with van der Waals surface area (Å²) in [5.74, 6) is 1.42. The summed E-state index contributed by atoms with van der Waals surface area (Å²) in [6.45, 7) is 0.225. The summed E-state index contributed by atoms with van der Waals surface area (Å²) in [7, 11) is 4.49. The highest BCUT2D eigenvalue weighted by Gasteiger charge is 2.21. The molecule has 0 unspecified atom stereocenters. The zero-order valence-electron chi connectivity index (χ0n) is 13.6. The molecule has 0 bridgehead atoms. The second kappa shape index (κ2) is 8.25. The Morgan fingerprint density at radius 1 is 1.08 bits per heavy atom. The van der Waals surface area contributed by atoms with Crippen LogP contribution in [0.15, 0.2) is 14.2 Å². The number of halogens is 2. The summed E-state index contributed by atoms with van der Waals surface area (Å²) < 4.78 is 16.8. The van der Waals surface area contributed by atoms with Crippen molar-refractivity contribution in [3.63, 3.8) is 0 Å². The summed E-state index contributed by atoms with van der Waals surface area (Å²) in [6, 6.07) is 0. The number of ether oxygens (including phenoxy) is 3. The van der Waals surface area contributed by atoms with Crippen molar-refractivity contribution in [2.75, 3.05) is 32.4 Å². The predicted octanol–water partition coefficient (Wildman–Crippen LogP) is 3.28. The lowest BCUT2D eigenvalue weighted by atomic mass is 10.3. The molecule has 25 heavy (non-hydrogen) atoms. The molecule has 0 fully saturated rings. The van der Waals surface area contributed by atoms with Crippen LogP contribution in [0.1, 0.15) is 5.69 Å². The fraction of sp³-hybridized carbons (Fsp3) is 0.308. The van der Waals surface area contributed by atoms with Crippen molar-refractivity contribution in [1.82, 2.24) is 15.0 Å². The number of nitrogens with one attached hydrogen (secondary N) is 2. The smallest absolute Gasteiger partial charge is 0.261 e. The SMILES string of the molecule is COc1nc(CNc2nc(N)nc(Br)c2N=N)c(Br)c(OC)c1OC. The molecule has 0 atom stereocenters. The van der Waals surface area contributed by atoms with Gasteiger partial charge in [-0.3, -0.25) is 0 Å². The quantitative estimate of drug-likeness (QED) is 0.408. The second-order valence-electron chi connectivity index (χ2n) is 4.48. The average Bonchev–Trinajstić information content (AvgIpc) is 2.59. The largest absolute Gasteiger partial charge is 0.492 e. The highest BCUT2D eigenvalue weighted by atomic mass is 79.9. The Bertz CT molecular complexity index is 804. The van der Waals surface area contributed by atoms with Crippen LogP contribution in [0.2, 0.25) is 0 Å². The summed E-state index contributed by atoms with van der Waals surface area (Å²) in [5.41, 5.74) is 13.7. The standard InChI is InChI=1S/C13H15Br2N7O3/c1-23-8-6(14)5(19-12(25-3)9(8)24-2)4-18-11-7(22-17)10(15)20-13(16)21-11/h17H,4H2,1-3H3,(H3,16,18,20,21). The summed E-state index contributed by atoms with van der Waals surface area (Å²) in [6.07, 6.45) is 0. The molecule has 0 aliphatic carbocycles. The molecule has 134 valence electrons. The maximum Gasteiger partial charge on any atom is 0.261 e. The average molecular weight is 477 g/mol. The Morgan fingerprint density at radius 3 is 2.32 bits per heavy atom. The number of hydrogen-bond acceptors (Lipinski definition) is 10. The fourth-order valence-electron chi connectivity index (χ4n) is 2.00. The number of pyridine rings is 1. The summed E-state index contributed by atoms with van der Waals surface area (Å²) in [5, 5.41) is 6.42. The highest BCUT2D eigenvalue weighted by Crippen LogP contribution is 2.43. The highest BCUT2D eigenvalue weighted by molar-refractivity contribution is 9.10. The van der Waals surface area contributed by atoms with Gasteiger partial charge in [0, 0.05) is 0 Å². The van der Waals surface area contributed by atoms with Crippen molar-refractivity contribution in [2.24, 2.45) is 5.11 Å². The van der Waals surface area contributed by atoms with Crippen LogP contribution >= 0.6 is 31.9 Å². The van der Waals surface area contributed by atoms with Gasteiger partial charge in [0.1, 0.15) is 4.60 Å². The number of nitrogens with zero attached hydrogens (tertiary/aromatic N) is 4. The molecule has 10 nitrogen and oxygen atoms in total. The molecule has 0 saturated carbocycles. The topological polar surface area (TPSA) is 141 Å². The van der Waals surface area contributed by atoms with E-state index in [0.29, 0.717) is 26.3 Å². The number of nitrogens with two attached hydrogens (primary N) is 1. The summed E-state index contributed by atoms with van der Waals surface area (Å²) >= 11 is 6.64. The molecular weight excluding hydrogens is 462 g/mol. The monoisotopic (exact) mass is 475 g/mol. The maximum atomic E-state index is 7.25. The third-order valence-electron chi connectivity index (χ3n) is 3.09. The third-order valence-corrected chi connectivity index (χ3v) is 4.46. The number of anilines is 2. The Balaban J connectivity index is 2.41. The molecule has 2 rings (SSSR count). The molecule has 0 aromatic carbocycles. The number of hydrogen-bond donors (Lipinski definition) is 3. The Hall–Kier alpha value is -2.21. The van der Waals surface area contributed by atoms with Crippen LogP contribution in [0.3, 0.4) is 0 Å². The molecule has 2 aromatic rings. The molecular formula is C13H15Br2N7O3. The summed E-state index contributed by atoms with van der Waals surface area (Å²) in [4.78, 5) is 12.3. The van der Waals surface area contributed by atoms with E-state index in [-0.39, 0.29) is 29.9 Å². The molecule has 0 saturated heterocycles. The van der Waals surface area contributed by atoms with E-state index in [1.807, 2.05) is 0 Å². The predicted molar refractivity (Wildman–Crippen MR) is 97.9 cm³/mol. The van der Waals surface area contributed by atoms with Crippen LogP contribution in [-0.4, -0.2) is 36.3 Å². The lowest BCUT2D eigenvalue weighted by Gasteiger charge is -2.16. The lowest BCUT2D eigenvalue weighted by molar-refractivity contribution is 0.313. The van der Waals surface area contributed by atoms with E-state index in [0.717, 1.165) is 0 Å². The van der Waals surface area contributed by atoms with Gasteiger partial charge in [0.2, 0.25) is 11.7 Å². The van der Waals surface area contributed by atoms with E-state index in [2.05, 4.69) is 57.2 Å². The van der Waals surface area contributed by atoms with Crippen molar-refractivity contribution in [3.05, 3.63) is 14.8 Å². The maximum absolute atomic E-state index is 7.25. The molecule has 0 aliphatic rings. The molecule has 0 aliphatic heterocycles. The molecule has 2 aromatic heterocycles. The van der Waals surface area contributed by atoms with Gasteiger partial charge in [0.25, 0.3) is 5.88 Å². The first kappa shape index (κ1) is 19.1. The van der Waals surface area contributed by atoms with E-state index in [4.69, 9.17) is 25.5 Å². The van der Waals surface area contributed by atoms with Gasteiger partial charge < -0.3 is 25.3 Å². The fourth-order valence-corrected chi connectivity index (χ4v) is 3.03. The Labute approximate surface area is 160 Å². The van der Waals surface area contributed by atoms with Crippen molar-refractivity contribution >= 4 is 49.3 Å². The number of methoxy groups -OCH3 is 3. The van der Waals surface area contributed by atoms with E-state index in [9.17, 15) is 0 Å². The van der Waals surface area contributed by atoms with Gasteiger partial charge in [-0.1, -0.05) is 0 Å². The van der Waals surface area contributed by atoms with E-state index >= 15 is 0 Å². The van der Waals surface area contributed by atoms with Gasteiger partial charge in [-0.15, -0.1) is 0 Å². The minimum Gasteiger partial charge on any atom is -0.492 e. The Morgan fingerprint density at radius 2 is 1.76 bits per heavy atom. The van der Waals surface area contributed by atoms with Crippen LogP contribution in [0.25, 0.3) is 0 Å².